The molecule has 1 unspecified atom stereocenters. The van der Waals surface area contributed by atoms with Gasteiger partial charge in [0.25, 0.3) is 5.91 Å². The number of anilines is 1. The number of rotatable bonds is 5. The molecule has 34 heavy (non-hydrogen) atoms. The summed E-state index contributed by atoms with van der Waals surface area (Å²) in [7, 11) is 3.36. The zero-order chi connectivity index (χ0) is 24.7. The Hall–Kier alpha value is -3.36. The van der Waals surface area contributed by atoms with Gasteiger partial charge >= 0.3 is 0 Å². The van der Waals surface area contributed by atoms with Crippen molar-refractivity contribution >= 4 is 45.9 Å². The summed E-state index contributed by atoms with van der Waals surface area (Å²) in [5, 5.41) is -0.124. The number of amides is 1. The Morgan fingerprint density at radius 3 is 2.35 bits per heavy atom. The van der Waals surface area contributed by atoms with E-state index in [1.54, 1.807) is 38.4 Å². The van der Waals surface area contributed by atoms with E-state index >= 15 is 0 Å². The van der Waals surface area contributed by atoms with Crippen LogP contribution in [0.1, 0.15) is 28.9 Å². The number of fused-ring (bicyclic) bond motifs is 1. The predicted octanol–water partition coefficient (Wildman–Crippen LogP) is 6.50. The van der Waals surface area contributed by atoms with E-state index in [9.17, 15) is 13.6 Å². The second kappa shape index (κ2) is 9.12. The summed E-state index contributed by atoms with van der Waals surface area (Å²) in [5.74, 6) is -1.96. The smallest absolute Gasteiger partial charge is 0.253 e. The first-order valence-electron chi connectivity index (χ1n) is 10.1. The molecule has 0 saturated heterocycles. The Morgan fingerprint density at radius 2 is 1.76 bits per heavy atom. The number of hydrogen-bond acceptors (Lipinski definition) is 5. The Kier molecular flexibility index (Phi) is 6.38. The SMILES string of the molecule is CC(Oc1c(N)ncc2c(-c3ccc(C(=O)N(C)C)cc3)coc12)c1c(Cl)c(F)cc(F)c1Cl. The van der Waals surface area contributed by atoms with E-state index in [0.29, 0.717) is 22.6 Å². The molecule has 0 saturated carbocycles. The summed E-state index contributed by atoms with van der Waals surface area (Å²) in [5.41, 5.74) is 8.25. The van der Waals surface area contributed by atoms with Gasteiger partial charge in [-0.3, -0.25) is 4.79 Å². The van der Waals surface area contributed by atoms with Crippen LogP contribution in [0.25, 0.3) is 22.1 Å². The lowest BCUT2D eigenvalue weighted by Gasteiger charge is -2.19. The van der Waals surface area contributed by atoms with E-state index in [1.165, 1.54) is 24.3 Å². The Labute approximate surface area is 203 Å². The molecule has 4 aromatic rings. The van der Waals surface area contributed by atoms with Crippen LogP contribution in [0.4, 0.5) is 14.6 Å². The third kappa shape index (κ3) is 4.15. The molecule has 0 radical (unpaired) electrons. The molecule has 0 aliphatic rings. The largest absolute Gasteiger partial charge is 0.478 e. The van der Waals surface area contributed by atoms with Gasteiger partial charge in [-0.1, -0.05) is 35.3 Å². The molecule has 0 bridgehead atoms. The minimum absolute atomic E-state index is 0.0105. The van der Waals surface area contributed by atoms with Crippen molar-refractivity contribution in [2.45, 2.75) is 13.0 Å². The van der Waals surface area contributed by atoms with Crippen LogP contribution < -0.4 is 10.5 Å². The van der Waals surface area contributed by atoms with E-state index < -0.39 is 17.7 Å². The molecular formula is C24H19Cl2F2N3O3. The molecule has 2 aromatic carbocycles. The highest BCUT2D eigenvalue weighted by Crippen LogP contribution is 2.42. The van der Waals surface area contributed by atoms with Crippen molar-refractivity contribution in [1.29, 1.82) is 0 Å². The minimum Gasteiger partial charge on any atom is -0.478 e. The van der Waals surface area contributed by atoms with Gasteiger partial charge < -0.3 is 19.8 Å². The fourth-order valence-corrected chi connectivity index (χ4v) is 4.21. The molecule has 0 aliphatic heterocycles. The number of hydrogen-bond donors (Lipinski definition) is 1. The molecule has 1 atom stereocenters. The van der Waals surface area contributed by atoms with Crippen LogP contribution in [0, 0.1) is 11.6 Å². The van der Waals surface area contributed by atoms with E-state index in [1.807, 2.05) is 0 Å². The van der Waals surface area contributed by atoms with Crippen molar-refractivity contribution in [3.8, 4) is 16.9 Å². The van der Waals surface area contributed by atoms with Gasteiger partial charge in [0.05, 0.1) is 21.7 Å². The van der Waals surface area contributed by atoms with Crippen molar-refractivity contribution in [2.75, 3.05) is 19.8 Å². The molecule has 10 heteroatoms. The number of benzene rings is 2. The van der Waals surface area contributed by atoms with Crippen molar-refractivity contribution in [2.24, 2.45) is 0 Å². The quantitative estimate of drug-likeness (QED) is 0.313. The number of pyridine rings is 1. The van der Waals surface area contributed by atoms with E-state index in [2.05, 4.69) is 4.98 Å². The molecule has 4 rings (SSSR count). The van der Waals surface area contributed by atoms with Crippen molar-refractivity contribution in [3.63, 3.8) is 0 Å². The number of nitrogens with zero attached hydrogens (tertiary/aromatic N) is 2. The first-order valence-corrected chi connectivity index (χ1v) is 10.8. The van der Waals surface area contributed by atoms with Crippen molar-refractivity contribution in [1.82, 2.24) is 9.88 Å². The minimum atomic E-state index is -0.982. The molecule has 0 fully saturated rings. The first kappa shape index (κ1) is 23.8. The fourth-order valence-electron chi connectivity index (χ4n) is 3.55. The lowest BCUT2D eigenvalue weighted by Crippen LogP contribution is -2.21. The molecule has 0 aliphatic carbocycles. The number of carbonyl (C=O) groups is 1. The normalized spacial score (nSPS) is 12.1. The van der Waals surface area contributed by atoms with Gasteiger partial charge in [0.2, 0.25) is 5.75 Å². The van der Waals surface area contributed by atoms with Crippen molar-refractivity contribution < 1.29 is 22.7 Å². The molecule has 176 valence electrons. The monoisotopic (exact) mass is 505 g/mol. The summed E-state index contributed by atoms with van der Waals surface area (Å²) < 4.78 is 39.6. The fraction of sp³-hybridized carbons (Fsp3) is 0.167. The van der Waals surface area contributed by atoms with Crippen LogP contribution in [-0.4, -0.2) is 29.9 Å². The maximum atomic E-state index is 14.0. The number of aromatic nitrogens is 1. The summed E-state index contributed by atoms with van der Waals surface area (Å²) in [6.07, 6.45) is 2.06. The summed E-state index contributed by atoms with van der Waals surface area (Å²) >= 11 is 12.0. The lowest BCUT2D eigenvalue weighted by molar-refractivity contribution is 0.0827. The molecule has 6 nitrogen and oxygen atoms in total. The van der Waals surface area contributed by atoms with Gasteiger partial charge in [0.1, 0.15) is 17.7 Å². The van der Waals surface area contributed by atoms with Crippen LogP contribution >= 0.6 is 23.2 Å². The Bertz CT molecular complexity index is 1380. The molecule has 2 heterocycles. The Balaban J connectivity index is 1.73. The van der Waals surface area contributed by atoms with Gasteiger partial charge in [0, 0.05) is 43.0 Å². The van der Waals surface area contributed by atoms with Gasteiger partial charge in [-0.25, -0.2) is 13.8 Å². The second-order valence-electron chi connectivity index (χ2n) is 7.78. The number of furan rings is 1. The molecular weight excluding hydrogens is 487 g/mol. The molecule has 2 N–H and O–H groups in total. The number of halogens is 4. The summed E-state index contributed by atoms with van der Waals surface area (Å²) in [6, 6.07) is 7.60. The van der Waals surface area contributed by atoms with E-state index in [-0.39, 0.29) is 38.7 Å². The zero-order valence-corrected chi connectivity index (χ0v) is 19.8. The maximum Gasteiger partial charge on any atom is 0.253 e. The van der Waals surface area contributed by atoms with Crippen LogP contribution in [0.15, 0.2) is 47.2 Å². The van der Waals surface area contributed by atoms with Crippen LogP contribution in [0.2, 0.25) is 10.0 Å². The van der Waals surface area contributed by atoms with Gasteiger partial charge in [-0.05, 0) is 24.6 Å². The van der Waals surface area contributed by atoms with Gasteiger partial charge in [-0.15, -0.1) is 0 Å². The van der Waals surface area contributed by atoms with Crippen LogP contribution in [-0.2, 0) is 0 Å². The standard InChI is InChI=1S/C24H19Cl2F2N3O3/c1-11(18-19(25)16(27)8-17(28)20(18)26)34-22-21-14(9-30-23(22)29)15(10-33-21)12-4-6-13(7-5-12)24(32)31(2)3/h4-11H,1-3H3,(H2,29,30). The molecule has 0 spiro atoms. The topological polar surface area (TPSA) is 81.6 Å². The number of ether oxygens (including phenoxy) is 1. The van der Waals surface area contributed by atoms with E-state index in [4.69, 9.17) is 38.1 Å². The second-order valence-corrected chi connectivity index (χ2v) is 8.54. The number of nitrogens with two attached hydrogens (primary N) is 1. The Morgan fingerprint density at radius 1 is 1.15 bits per heavy atom. The average molecular weight is 506 g/mol. The predicted molar refractivity (Wildman–Crippen MR) is 127 cm³/mol. The highest BCUT2D eigenvalue weighted by Gasteiger charge is 2.25. The van der Waals surface area contributed by atoms with Gasteiger partial charge in [-0.2, -0.15) is 0 Å². The highest BCUT2D eigenvalue weighted by molar-refractivity contribution is 6.36. The average Bonchev–Trinajstić information content (AvgIpc) is 3.23. The van der Waals surface area contributed by atoms with Crippen LogP contribution in [0.3, 0.4) is 0 Å². The summed E-state index contributed by atoms with van der Waals surface area (Å²) in [4.78, 5) is 17.8. The number of carbonyl (C=O) groups excluding carboxylic acids is 1. The maximum absolute atomic E-state index is 14.0. The van der Waals surface area contributed by atoms with Gasteiger partial charge in [0.15, 0.2) is 11.4 Å². The number of nitrogen functional groups attached to an aromatic ring is 1. The zero-order valence-electron chi connectivity index (χ0n) is 18.3. The van der Waals surface area contributed by atoms with Crippen LogP contribution in [0.5, 0.6) is 5.75 Å². The van der Waals surface area contributed by atoms with E-state index in [0.717, 1.165) is 5.56 Å². The third-order valence-corrected chi connectivity index (χ3v) is 6.07. The van der Waals surface area contributed by atoms with Crippen molar-refractivity contribution in [3.05, 3.63) is 75.6 Å². The molecule has 1 amide bonds. The lowest BCUT2D eigenvalue weighted by atomic mass is 10.0. The highest BCUT2D eigenvalue weighted by atomic mass is 35.5. The summed E-state index contributed by atoms with van der Waals surface area (Å²) in [6.45, 7) is 1.52. The third-order valence-electron chi connectivity index (χ3n) is 5.30. The first-order chi connectivity index (χ1) is 16.1. The molecule has 2 aromatic heterocycles.